The molecule has 18 heavy (non-hydrogen) atoms. The minimum absolute atomic E-state index is 0.757. The summed E-state index contributed by atoms with van der Waals surface area (Å²) < 4.78 is 0. The molecule has 0 aromatic carbocycles. The van der Waals surface area contributed by atoms with Crippen LogP contribution < -0.4 is 10.2 Å². The van der Waals surface area contributed by atoms with E-state index < -0.39 is 0 Å². The van der Waals surface area contributed by atoms with Gasteiger partial charge in [0.25, 0.3) is 0 Å². The molecule has 0 spiro atoms. The molecule has 1 fully saturated rings. The minimum Gasteiger partial charge on any atom is -0.355 e. The molecule has 1 saturated heterocycles. The van der Waals surface area contributed by atoms with Gasteiger partial charge in [0, 0.05) is 25.8 Å². The fourth-order valence-electron chi connectivity index (χ4n) is 2.42. The molecule has 100 valence electrons. The van der Waals surface area contributed by atoms with Gasteiger partial charge < -0.3 is 10.2 Å². The van der Waals surface area contributed by atoms with E-state index in [0.717, 1.165) is 49.5 Å². The SMILES string of the molecule is CCNCc1cncc(N2CCC(C(C)C)C2)n1. The molecule has 1 atom stereocenters. The van der Waals surface area contributed by atoms with Crippen LogP contribution in [0.25, 0.3) is 0 Å². The summed E-state index contributed by atoms with van der Waals surface area (Å²) in [7, 11) is 0. The fraction of sp³-hybridized carbons (Fsp3) is 0.714. The number of rotatable bonds is 5. The van der Waals surface area contributed by atoms with Crippen molar-refractivity contribution in [3.63, 3.8) is 0 Å². The second kappa shape index (κ2) is 6.14. The first-order valence-electron chi connectivity index (χ1n) is 6.97. The van der Waals surface area contributed by atoms with Gasteiger partial charge in [-0.3, -0.25) is 4.98 Å². The van der Waals surface area contributed by atoms with E-state index >= 15 is 0 Å². The molecule has 0 amide bonds. The second-order valence-corrected chi connectivity index (χ2v) is 5.39. The third kappa shape index (κ3) is 3.19. The highest BCUT2D eigenvalue weighted by Gasteiger charge is 2.25. The van der Waals surface area contributed by atoms with Crippen molar-refractivity contribution in [1.82, 2.24) is 15.3 Å². The third-order valence-corrected chi connectivity index (χ3v) is 3.72. The molecule has 1 unspecified atom stereocenters. The van der Waals surface area contributed by atoms with Gasteiger partial charge in [0.15, 0.2) is 0 Å². The van der Waals surface area contributed by atoms with E-state index in [2.05, 4.69) is 41.0 Å². The first-order valence-corrected chi connectivity index (χ1v) is 6.97. The number of nitrogens with one attached hydrogen (secondary N) is 1. The summed E-state index contributed by atoms with van der Waals surface area (Å²) in [6.45, 7) is 10.7. The van der Waals surface area contributed by atoms with Crippen LogP contribution in [0.5, 0.6) is 0 Å². The maximum Gasteiger partial charge on any atom is 0.147 e. The Morgan fingerprint density at radius 2 is 2.28 bits per heavy atom. The maximum atomic E-state index is 4.69. The fourth-order valence-corrected chi connectivity index (χ4v) is 2.42. The Kier molecular flexibility index (Phi) is 4.53. The first-order chi connectivity index (χ1) is 8.70. The average molecular weight is 248 g/mol. The number of hydrogen-bond acceptors (Lipinski definition) is 4. The van der Waals surface area contributed by atoms with Crippen molar-refractivity contribution >= 4 is 5.82 Å². The lowest BCUT2D eigenvalue weighted by atomic mass is 9.95. The lowest BCUT2D eigenvalue weighted by molar-refractivity contribution is 0.422. The Hall–Kier alpha value is -1.16. The van der Waals surface area contributed by atoms with Gasteiger partial charge in [-0.15, -0.1) is 0 Å². The minimum atomic E-state index is 0.757. The largest absolute Gasteiger partial charge is 0.355 e. The summed E-state index contributed by atoms with van der Waals surface area (Å²) in [6.07, 6.45) is 5.01. The van der Waals surface area contributed by atoms with Gasteiger partial charge in [-0.25, -0.2) is 4.98 Å². The normalized spacial score (nSPS) is 19.8. The van der Waals surface area contributed by atoms with Crippen molar-refractivity contribution < 1.29 is 0 Å². The molecule has 2 rings (SSSR count). The van der Waals surface area contributed by atoms with Crippen LogP contribution in [0.2, 0.25) is 0 Å². The van der Waals surface area contributed by atoms with Crippen LogP contribution in [0.15, 0.2) is 12.4 Å². The summed E-state index contributed by atoms with van der Waals surface area (Å²) in [4.78, 5) is 11.4. The molecule has 2 heterocycles. The van der Waals surface area contributed by atoms with Crippen LogP contribution >= 0.6 is 0 Å². The van der Waals surface area contributed by atoms with Gasteiger partial charge in [-0.05, 0) is 24.8 Å². The van der Waals surface area contributed by atoms with Crippen LogP contribution in [0, 0.1) is 11.8 Å². The Morgan fingerprint density at radius 3 is 2.94 bits per heavy atom. The third-order valence-electron chi connectivity index (χ3n) is 3.72. The average Bonchev–Trinajstić information content (AvgIpc) is 2.86. The molecule has 1 aromatic rings. The predicted octanol–water partition coefficient (Wildman–Crippen LogP) is 2.07. The smallest absolute Gasteiger partial charge is 0.147 e. The molecular formula is C14H24N4. The van der Waals surface area contributed by atoms with Crippen LogP contribution in [-0.4, -0.2) is 29.6 Å². The van der Waals surface area contributed by atoms with Crippen LogP contribution in [0.1, 0.15) is 32.9 Å². The number of hydrogen-bond donors (Lipinski definition) is 1. The lowest BCUT2D eigenvalue weighted by Crippen LogP contribution is -2.23. The van der Waals surface area contributed by atoms with Crippen molar-refractivity contribution in [2.24, 2.45) is 11.8 Å². The molecule has 0 saturated carbocycles. The maximum absolute atomic E-state index is 4.69. The Bertz CT molecular complexity index is 378. The van der Waals surface area contributed by atoms with Crippen LogP contribution in [0.3, 0.4) is 0 Å². The highest BCUT2D eigenvalue weighted by atomic mass is 15.2. The molecule has 1 aliphatic heterocycles. The Balaban J connectivity index is 2.01. The molecule has 1 aromatic heterocycles. The Morgan fingerprint density at radius 1 is 1.44 bits per heavy atom. The molecule has 4 heteroatoms. The predicted molar refractivity (Wildman–Crippen MR) is 74.6 cm³/mol. The molecule has 4 nitrogen and oxygen atoms in total. The lowest BCUT2D eigenvalue weighted by Gasteiger charge is -2.19. The molecule has 0 aliphatic carbocycles. The molecule has 0 radical (unpaired) electrons. The van der Waals surface area contributed by atoms with Crippen molar-refractivity contribution in [2.45, 2.75) is 33.7 Å². The number of anilines is 1. The van der Waals surface area contributed by atoms with Crippen molar-refractivity contribution in [2.75, 3.05) is 24.5 Å². The van der Waals surface area contributed by atoms with E-state index in [0.29, 0.717) is 0 Å². The van der Waals surface area contributed by atoms with E-state index in [4.69, 9.17) is 0 Å². The summed E-state index contributed by atoms with van der Waals surface area (Å²) in [5.41, 5.74) is 1.03. The second-order valence-electron chi connectivity index (χ2n) is 5.39. The zero-order chi connectivity index (χ0) is 13.0. The van der Waals surface area contributed by atoms with E-state index in [9.17, 15) is 0 Å². The highest BCUT2D eigenvalue weighted by Crippen LogP contribution is 2.26. The quantitative estimate of drug-likeness (QED) is 0.866. The molecule has 1 aliphatic rings. The van der Waals surface area contributed by atoms with Crippen LogP contribution in [-0.2, 0) is 6.54 Å². The van der Waals surface area contributed by atoms with Gasteiger partial charge in [-0.2, -0.15) is 0 Å². The molecular weight excluding hydrogens is 224 g/mol. The van der Waals surface area contributed by atoms with Gasteiger partial charge in [-0.1, -0.05) is 20.8 Å². The summed E-state index contributed by atoms with van der Waals surface area (Å²) in [5, 5.41) is 3.29. The summed E-state index contributed by atoms with van der Waals surface area (Å²) >= 11 is 0. The van der Waals surface area contributed by atoms with E-state index in [1.807, 2.05) is 12.4 Å². The van der Waals surface area contributed by atoms with Crippen molar-refractivity contribution in [3.8, 4) is 0 Å². The van der Waals surface area contributed by atoms with Gasteiger partial charge in [0.1, 0.15) is 5.82 Å². The topological polar surface area (TPSA) is 41.1 Å². The highest BCUT2D eigenvalue weighted by molar-refractivity contribution is 5.37. The van der Waals surface area contributed by atoms with Gasteiger partial charge in [0.2, 0.25) is 0 Å². The number of aromatic nitrogens is 2. The summed E-state index contributed by atoms with van der Waals surface area (Å²) in [5.74, 6) is 2.59. The zero-order valence-electron chi connectivity index (χ0n) is 11.7. The van der Waals surface area contributed by atoms with E-state index in [1.54, 1.807) is 0 Å². The molecule has 1 N–H and O–H groups in total. The summed E-state index contributed by atoms with van der Waals surface area (Å²) in [6, 6.07) is 0. The van der Waals surface area contributed by atoms with Gasteiger partial charge in [0.05, 0.1) is 11.9 Å². The van der Waals surface area contributed by atoms with E-state index in [1.165, 1.54) is 6.42 Å². The zero-order valence-corrected chi connectivity index (χ0v) is 11.7. The first kappa shape index (κ1) is 13.3. The standard InChI is InChI=1S/C14H24N4/c1-4-15-7-13-8-16-9-14(17-13)18-6-5-12(10-18)11(2)3/h8-9,11-12,15H,4-7,10H2,1-3H3. The van der Waals surface area contributed by atoms with Crippen molar-refractivity contribution in [3.05, 3.63) is 18.1 Å². The molecule has 0 bridgehead atoms. The van der Waals surface area contributed by atoms with Crippen LogP contribution in [0.4, 0.5) is 5.82 Å². The van der Waals surface area contributed by atoms with E-state index in [-0.39, 0.29) is 0 Å². The van der Waals surface area contributed by atoms with Crippen molar-refractivity contribution in [1.29, 1.82) is 0 Å². The Labute approximate surface area is 110 Å². The monoisotopic (exact) mass is 248 g/mol. The number of nitrogens with zero attached hydrogens (tertiary/aromatic N) is 3. The van der Waals surface area contributed by atoms with Gasteiger partial charge >= 0.3 is 0 Å².